The number of pyridine rings is 1. The van der Waals surface area contributed by atoms with Gasteiger partial charge in [0.2, 0.25) is 0 Å². The molecule has 3 aromatic heterocycles. The number of rotatable bonds is 4. The van der Waals surface area contributed by atoms with Crippen LogP contribution in [0.4, 0.5) is 0 Å². The van der Waals surface area contributed by atoms with E-state index in [1.165, 1.54) is 93.3 Å². The van der Waals surface area contributed by atoms with Crippen LogP contribution >= 0.6 is 0 Å². The van der Waals surface area contributed by atoms with Crippen LogP contribution in [0, 0.1) is 20.8 Å². The number of para-hydroxylation sites is 4. The molecule has 0 aliphatic heterocycles. The van der Waals surface area contributed by atoms with Crippen molar-refractivity contribution in [2.24, 2.45) is 0 Å². The van der Waals surface area contributed by atoms with Gasteiger partial charge in [-0.15, -0.1) is 0 Å². The molecule has 57 heavy (non-hydrogen) atoms. The van der Waals surface area contributed by atoms with E-state index in [1.807, 2.05) is 0 Å². The third kappa shape index (κ3) is 4.57. The first-order chi connectivity index (χ1) is 28.0. The lowest BCUT2D eigenvalue weighted by molar-refractivity contribution is 0.861. The molecule has 10 aromatic rings. The number of nitrogens with zero attached hydrogens (tertiary/aromatic N) is 3. The van der Waals surface area contributed by atoms with E-state index in [1.54, 1.807) is 0 Å². The molecule has 3 heteroatoms. The zero-order valence-corrected chi connectivity index (χ0v) is 32.2. The fourth-order valence-electron chi connectivity index (χ4n) is 10.5. The minimum absolute atomic E-state index is 0.424. The molecule has 12 rings (SSSR count). The summed E-state index contributed by atoms with van der Waals surface area (Å²) in [5.41, 5.74) is 19.3. The fraction of sp³-hybridized carbons (Fsp3) is 0.0926. The van der Waals surface area contributed by atoms with Gasteiger partial charge >= 0.3 is 0 Å². The van der Waals surface area contributed by atoms with Crippen molar-refractivity contribution < 1.29 is 0 Å². The van der Waals surface area contributed by atoms with E-state index in [0.717, 1.165) is 34.7 Å². The molecule has 1 unspecified atom stereocenters. The lowest BCUT2D eigenvalue weighted by Crippen LogP contribution is -2.07. The monoisotopic (exact) mass is 729 g/mol. The summed E-state index contributed by atoms with van der Waals surface area (Å²) in [6, 6.07) is 51.7. The van der Waals surface area contributed by atoms with E-state index in [-0.39, 0.29) is 0 Å². The van der Waals surface area contributed by atoms with Crippen LogP contribution < -0.4 is 0 Å². The molecule has 0 radical (unpaired) electrons. The second-order valence-corrected chi connectivity index (χ2v) is 15.9. The summed E-state index contributed by atoms with van der Waals surface area (Å²) in [6.07, 6.45) is 10.4. The first kappa shape index (κ1) is 32.3. The Bertz CT molecular complexity index is 3180. The van der Waals surface area contributed by atoms with Gasteiger partial charge in [0.15, 0.2) is 0 Å². The second kappa shape index (κ2) is 12.0. The molecule has 0 saturated carbocycles. The van der Waals surface area contributed by atoms with Crippen molar-refractivity contribution in [1.29, 1.82) is 0 Å². The smallest absolute Gasteiger partial charge is 0.0541 e. The average molecular weight is 730 g/mol. The van der Waals surface area contributed by atoms with Gasteiger partial charge in [0.1, 0.15) is 0 Å². The summed E-state index contributed by atoms with van der Waals surface area (Å²) >= 11 is 0. The quantitative estimate of drug-likeness (QED) is 0.177. The van der Waals surface area contributed by atoms with Gasteiger partial charge in [0, 0.05) is 61.4 Å². The van der Waals surface area contributed by atoms with Gasteiger partial charge in [-0.1, -0.05) is 121 Å². The van der Waals surface area contributed by atoms with Gasteiger partial charge in [-0.25, -0.2) is 0 Å². The van der Waals surface area contributed by atoms with Gasteiger partial charge in [-0.05, 0) is 114 Å². The molecule has 0 amide bonds. The summed E-state index contributed by atoms with van der Waals surface area (Å²) < 4.78 is 4.90. The fourth-order valence-corrected chi connectivity index (χ4v) is 10.5. The third-order valence-electron chi connectivity index (χ3n) is 12.8. The maximum atomic E-state index is 5.38. The number of hydrogen-bond donors (Lipinski definition) is 0. The van der Waals surface area contributed by atoms with Gasteiger partial charge in [0.05, 0.1) is 22.1 Å². The molecule has 0 fully saturated rings. The molecule has 0 spiro atoms. The second-order valence-electron chi connectivity index (χ2n) is 15.9. The van der Waals surface area contributed by atoms with Crippen LogP contribution in [-0.2, 0) is 0 Å². The molecule has 0 saturated heterocycles. The van der Waals surface area contributed by atoms with E-state index in [4.69, 9.17) is 4.98 Å². The van der Waals surface area contributed by atoms with E-state index < -0.39 is 0 Å². The molecule has 0 bridgehead atoms. The van der Waals surface area contributed by atoms with Crippen molar-refractivity contribution in [2.45, 2.75) is 33.1 Å². The molecule has 2 aliphatic rings. The Kier molecular flexibility index (Phi) is 6.81. The maximum Gasteiger partial charge on any atom is 0.0541 e. The number of allylic oxidation sites excluding steroid dienone is 2. The van der Waals surface area contributed by atoms with Crippen molar-refractivity contribution in [2.75, 3.05) is 0 Å². The Morgan fingerprint density at radius 2 is 1.04 bits per heavy atom. The SMILES string of the molecule is Cc1nc(C)c(-c2ccc3c4c5c(ccc24)C=CCC5C=C3)c(C)c1-c1cc(-n2c3ccccc3c3ccccc32)cc(-n2c3ccccc3c3ccccc32)c1. The minimum atomic E-state index is 0.424. The number of benzene rings is 7. The zero-order chi connectivity index (χ0) is 37.9. The van der Waals surface area contributed by atoms with E-state index in [0.29, 0.717) is 5.92 Å². The Morgan fingerprint density at radius 3 is 1.61 bits per heavy atom. The van der Waals surface area contributed by atoms with Crippen LogP contribution in [0.2, 0.25) is 0 Å². The number of fused-ring (bicyclic) bond motifs is 6. The molecule has 2 aliphatic carbocycles. The van der Waals surface area contributed by atoms with Crippen LogP contribution in [0.25, 0.3) is 100 Å². The Morgan fingerprint density at radius 1 is 0.509 bits per heavy atom. The summed E-state index contributed by atoms with van der Waals surface area (Å²) in [5.74, 6) is 0.424. The van der Waals surface area contributed by atoms with E-state index in [9.17, 15) is 0 Å². The highest BCUT2D eigenvalue weighted by Gasteiger charge is 2.26. The Labute approximate surface area is 331 Å². The van der Waals surface area contributed by atoms with Crippen LogP contribution in [0.15, 0.2) is 152 Å². The van der Waals surface area contributed by atoms with Crippen molar-refractivity contribution in [3.8, 4) is 33.6 Å². The highest BCUT2D eigenvalue weighted by atomic mass is 15.0. The largest absolute Gasteiger partial charge is 0.309 e. The topological polar surface area (TPSA) is 22.8 Å². The van der Waals surface area contributed by atoms with E-state index >= 15 is 0 Å². The van der Waals surface area contributed by atoms with Crippen molar-refractivity contribution in [1.82, 2.24) is 14.1 Å². The molecule has 0 N–H and O–H groups in total. The Balaban J connectivity index is 1.17. The molecule has 270 valence electrons. The molecule has 3 nitrogen and oxygen atoms in total. The van der Waals surface area contributed by atoms with Gasteiger partial charge in [-0.3, -0.25) is 4.98 Å². The van der Waals surface area contributed by atoms with E-state index in [2.05, 4.69) is 194 Å². The summed E-state index contributed by atoms with van der Waals surface area (Å²) in [7, 11) is 0. The highest BCUT2D eigenvalue weighted by molar-refractivity contribution is 6.11. The third-order valence-corrected chi connectivity index (χ3v) is 12.8. The number of hydrogen-bond acceptors (Lipinski definition) is 1. The standard InChI is InChI=1S/C54H39N3/c1-32-51(33(2)55-34(3)52(32)45-27-26-37-24-23-35-13-12-14-36-25-28-46(45)54(37)53(35)36)38-29-39(56-47-19-8-4-15-41(47)42-16-5-9-20-48(42)56)31-40(30-38)57-49-21-10-6-17-43(49)44-18-7-11-22-50(44)57/h4-12,14-31,35H,13H2,1-3H3. The molecular weight excluding hydrogens is 691 g/mol. The van der Waals surface area contributed by atoms with Crippen molar-refractivity contribution >= 4 is 66.5 Å². The molecule has 3 heterocycles. The van der Waals surface area contributed by atoms with Crippen LogP contribution in [-0.4, -0.2) is 14.1 Å². The lowest BCUT2D eigenvalue weighted by Gasteiger charge is -2.27. The van der Waals surface area contributed by atoms with Gasteiger partial charge in [-0.2, -0.15) is 0 Å². The summed E-state index contributed by atoms with van der Waals surface area (Å²) in [6.45, 7) is 6.69. The normalized spacial score (nSPS) is 14.5. The van der Waals surface area contributed by atoms with Crippen molar-refractivity contribution in [3.63, 3.8) is 0 Å². The zero-order valence-electron chi connectivity index (χ0n) is 32.2. The van der Waals surface area contributed by atoms with Crippen LogP contribution in [0.5, 0.6) is 0 Å². The van der Waals surface area contributed by atoms with Crippen LogP contribution in [0.1, 0.15) is 46.0 Å². The van der Waals surface area contributed by atoms with Crippen molar-refractivity contribution in [3.05, 3.63) is 185 Å². The molecular formula is C54H39N3. The summed E-state index contributed by atoms with van der Waals surface area (Å²) in [5, 5.41) is 7.71. The Hall–Kier alpha value is -6.97. The predicted octanol–water partition coefficient (Wildman–Crippen LogP) is 14.2. The van der Waals surface area contributed by atoms with Gasteiger partial charge in [0.25, 0.3) is 0 Å². The number of aryl methyl sites for hydroxylation is 2. The first-order valence-electron chi connectivity index (χ1n) is 20.1. The lowest BCUT2D eigenvalue weighted by atomic mass is 9.77. The maximum absolute atomic E-state index is 5.38. The average Bonchev–Trinajstić information content (AvgIpc) is 3.76. The summed E-state index contributed by atoms with van der Waals surface area (Å²) in [4.78, 5) is 5.38. The minimum Gasteiger partial charge on any atom is -0.309 e. The molecule has 7 aromatic carbocycles. The predicted molar refractivity (Wildman–Crippen MR) is 241 cm³/mol. The number of aromatic nitrogens is 3. The van der Waals surface area contributed by atoms with Gasteiger partial charge < -0.3 is 9.13 Å². The first-order valence-corrected chi connectivity index (χ1v) is 20.1. The highest BCUT2D eigenvalue weighted by Crippen LogP contribution is 2.47. The van der Waals surface area contributed by atoms with Crippen LogP contribution in [0.3, 0.4) is 0 Å². The molecule has 1 atom stereocenters.